The van der Waals surface area contributed by atoms with E-state index in [0.717, 1.165) is 0 Å². The Balaban J connectivity index is 1.01. The van der Waals surface area contributed by atoms with E-state index in [2.05, 4.69) is 9.44 Å². The van der Waals surface area contributed by atoms with Gasteiger partial charge in [-0.3, -0.25) is 28.6 Å². The standard InChI is InChI=1S/C40H24N2O8S2/c43-37-27-7-1-3-9-29(27)39(45)35-31(37)11-5-13-33(35)51(47,48)41-25-19-15-23(16-20-25)24-17-21-26(22-18-24)42-52(49,50)34-14-6-12-32-36(34)40(46)30-10-4-2-8-28(30)38(32)44/h1-22,41-42H. The van der Waals surface area contributed by atoms with Gasteiger partial charge in [0.15, 0.2) is 23.1 Å². The van der Waals surface area contributed by atoms with Crippen molar-refractivity contribution in [2.45, 2.75) is 9.79 Å². The highest BCUT2D eigenvalue weighted by atomic mass is 32.2. The summed E-state index contributed by atoms with van der Waals surface area (Å²) in [7, 11) is -8.58. The predicted molar refractivity (Wildman–Crippen MR) is 193 cm³/mol. The van der Waals surface area contributed by atoms with Crippen LogP contribution in [0.15, 0.2) is 143 Å². The molecule has 0 saturated carbocycles. The molecule has 2 aliphatic rings. The molecule has 0 aliphatic heterocycles. The molecule has 0 radical (unpaired) electrons. The summed E-state index contributed by atoms with van der Waals surface area (Å²) < 4.78 is 59.2. The second kappa shape index (κ2) is 12.1. The first-order chi connectivity index (χ1) is 24.9. The molecule has 52 heavy (non-hydrogen) atoms. The predicted octanol–water partition coefficient (Wildman–Crippen LogP) is 6.51. The van der Waals surface area contributed by atoms with Gasteiger partial charge in [-0.05, 0) is 47.5 Å². The number of rotatable bonds is 7. The van der Waals surface area contributed by atoms with Crippen LogP contribution in [0.5, 0.6) is 0 Å². The van der Waals surface area contributed by atoms with E-state index in [4.69, 9.17) is 0 Å². The molecule has 12 heteroatoms. The van der Waals surface area contributed by atoms with Gasteiger partial charge in [-0.15, -0.1) is 0 Å². The highest BCUT2D eigenvalue weighted by molar-refractivity contribution is 7.93. The number of nitrogens with one attached hydrogen (secondary N) is 2. The van der Waals surface area contributed by atoms with Crippen LogP contribution < -0.4 is 9.44 Å². The summed E-state index contributed by atoms with van der Waals surface area (Å²) in [6.07, 6.45) is 0. The Morgan fingerprint density at radius 2 is 0.635 bits per heavy atom. The van der Waals surface area contributed by atoms with Crippen LogP contribution >= 0.6 is 0 Å². The van der Waals surface area contributed by atoms with Gasteiger partial charge in [0.25, 0.3) is 20.0 Å². The van der Waals surface area contributed by atoms with Crippen molar-refractivity contribution in [1.82, 2.24) is 0 Å². The van der Waals surface area contributed by atoms with E-state index in [-0.39, 0.29) is 65.7 Å². The second-order valence-electron chi connectivity index (χ2n) is 12.1. The van der Waals surface area contributed by atoms with E-state index in [1.54, 1.807) is 48.5 Å². The Morgan fingerprint density at radius 1 is 0.327 bits per heavy atom. The fourth-order valence-corrected chi connectivity index (χ4v) is 9.13. The van der Waals surface area contributed by atoms with Crippen molar-refractivity contribution < 1.29 is 36.0 Å². The van der Waals surface area contributed by atoms with Crippen LogP contribution in [-0.2, 0) is 20.0 Å². The first-order valence-electron chi connectivity index (χ1n) is 15.8. The molecule has 0 atom stereocenters. The SMILES string of the molecule is O=C1c2ccccc2C(=O)c2c1cccc2S(=O)(=O)Nc1ccc(-c2ccc(NS(=O)(=O)c3cccc4c3C(=O)c3ccccc3C4=O)cc2)cc1. The first-order valence-corrected chi connectivity index (χ1v) is 18.8. The number of hydrogen-bond donors (Lipinski definition) is 2. The monoisotopic (exact) mass is 724 g/mol. The van der Waals surface area contributed by atoms with Crippen molar-refractivity contribution in [2.75, 3.05) is 9.44 Å². The number of carbonyl (C=O) groups is 4. The molecular formula is C40H24N2O8S2. The van der Waals surface area contributed by atoms with Crippen molar-refractivity contribution >= 4 is 54.6 Å². The number of sulfonamides is 2. The molecule has 8 rings (SSSR count). The van der Waals surface area contributed by atoms with Crippen molar-refractivity contribution in [3.63, 3.8) is 0 Å². The van der Waals surface area contributed by atoms with E-state index in [9.17, 15) is 36.0 Å². The van der Waals surface area contributed by atoms with Gasteiger partial charge in [0, 0.05) is 44.8 Å². The van der Waals surface area contributed by atoms with Crippen LogP contribution in [0.1, 0.15) is 63.7 Å². The van der Waals surface area contributed by atoms with Gasteiger partial charge in [0.05, 0.1) is 20.9 Å². The third-order valence-corrected chi connectivity index (χ3v) is 11.9. The Bertz CT molecular complexity index is 2580. The van der Waals surface area contributed by atoms with Gasteiger partial charge >= 0.3 is 0 Å². The Labute approximate surface area is 297 Å². The second-order valence-corrected chi connectivity index (χ2v) is 15.4. The van der Waals surface area contributed by atoms with Crippen molar-refractivity contribution in [2.24, 2.45) is 0 Å². The van der Waals surface area contributed by atoms with Crippen LogP contribution in [0, 0.1) is 0 Å². The Hall–Kier alpha value is -6.50. The van der Waals surface area contributed by atoms with Gasteiger partial charge in [-0.1, -0.05) is 97.1 Å². The molecule has 0 spiro atoms. The molecule has 0 saturated heterocycles. The van der Waals surface area contributed by atoms with E-state index < -0.39 is 43.2 Å². The quantitative estimate of drug-likeness (QED) is 0.188. The van der Waals surface area contributed by atoms with Gasteiger partial charge in [0.1, 0.15) is 0 Å². The smallest absolute Gasteiger partial charge is 0.262 e. The number of anilines is 2. The van der Waals surface area contributed by atoms with Crippen molar-refractivity contribution in [3.8, 4) is 11.1 Å². The Kier molecular flexibility index (Phi) is 7.59. The number of carbonyl (C=O) groups excluding carboxylic acids is 4. The molecular weight excluding hydrogens is 701 g/mol. The zero-order valence-electron chi connectivity index (χ0n) is 26.8. The van der Waals surface area contributed by atoms with E-state index in [0.29, 0.717) is 11.1 Å². The highest BCUT2D eigenvalue weighted by Crippen LogP contribution is 2.34. The Morgan fingerprint density at radius 3 is 0.981 bits per heavy atom. The van der Waals surface area contributed by atoms with Gasteiger partial charge in [0.2, 0.25) is 0 Å². The number of ketones is 4. The molecule has 6 aromatic rings. The normalized spacial score (nSPS) is 13.5. The van der Waals surface area contributed by atoms with Gasteiger partial charge < -0.3 is 0 Å². The van der Waals surface area contributed by atoms with Gasteiger partial charge in [-0.25, -0.2) is 16.8 Å². The number of fused-ring (bicyclic) bond motifs is 4. The van der Waals surface area contributed by atoms with Crippen molar-refractivity contribution in [3.05, 3.63) is 178 Å². The minimum absolute atomic E-state index is 0.0187. The van der Waals surface area contributed by atoms with Crippen LogP contribution in [0.2, 0.25) is 0 Å². The summed E-state index contributed by atoms with van der Waals surface area (Å²) in [4.78, 5) is 52.3. The van der Waals surface area contributed by atoms with E-state index in [1.807, 2.05) is 0 Å². The number of hydrogen-bond acceptors (Lipinski definition) is 8. The van der Waals surface area contributed by atoms with E-state index >= 15 is 0 Å². The lowest BCUT2D eigenvalue weighted by atomic mass is 9.84. The topological polar surface area (TPSA) is 161 Å². The molecule has 10 nitrogen and oxygen atoms in total. The summed E-state index contributed by atoms with van der Waals surface area (Å²) in [6, 6.07) is 33.7. The summed E-state index contributed by atoms with van der Waals surface area (Å²) >= 11 is 0. The largest absolute Gasteiger partial charge is 0.289 e. The summed E-state index contributed by atoms with van der Waals surface area (Å²) in [5.74, 6) is -1.96. The minimum atomic E-state index is -4.29. The lowest BCUT2D eigenvalue weighted by Crippen LogP contribution is -2.25. The molecule has 254 valence electrons. The van der Waals surface area contributed by atoms with Gasteiger partial charge in [-0.2, -0.15) is 0 Å². The summed E-state index contributed by atoms with van der Waals surface area (Å²) in [6.45, 7) is 0. The lowest BCUT2D eigenvalue weighted by Gasteiger charge is -2.20. The maximum Gasteiger partial charge on any atom is 0.262 e. The van der Waals surface area contributed by atoms with Crippen LogP contribution in [-0.4, -0.2) is 40.0 Å². The molecule has 6 aromatic carbocycles. The highest BCUT2D eigenvalue weighted by Gasteiger charge is 2.36. The van der Waals surface area contributed by atoms with Crippen molar-refractivity contribution in [1.29, 1.82) is 0 Å². The average Bonchev–Trinajstić information content (AvgIpc) is 3.16. The summed E-state index contributed by atoms with van der Waals surface area (Å²) in [5.41, 5.74) is 2.20. The first kappa shape index (κ1) is 32.7. The molecule has 0 fully saturated rings. The number of benzene rings is 6. The van der Waals surface area contributed by atoms with E-state index in [1.165, 1.54) is 84.9 Å². The third kappa shape index (κ3) is 5.32. The molecule has 0 unspecified atom stereocenters. The van der Waals surface area contributed by atoms with Crippen LogP contribution in [0.3, 0.4) is 0 Å². The fraction of sp³-hybridized carbons (Fsp3) is 0. The molecule has 0 amide bonds. The molecule has 0 bridgehead atoms. The molecule has 2 N–H and O–H groups in total. The summed E-state index contributed by atoms with van der Waals surface area (Å²) in [5, 5.41) is 0. The maximum atomic E-state index is 13.5. The minimum Gasteiger partial charge on any atom is -0.289 e. The lowest BCUT2D eigenvalue weighted by molar-refractivity contribution is 0.0976. The maximum absolute atomic E-state index is 13.5. The fourth-order valence-electron chi connectivity index (χ4n) is 6.56. The molecule has 0 aromatic heterocycles. The zero-order chi connectivity index (χ0) is 36.4. The average molecular weight is 725 g/mol. The third-order valence-electron chi connectivity index (χ3n) is 9.02. The molecule has 2 aliphatic carbocycles. The zero-order valence-corrected chi connectivity index (χ0v) is 28.4. The molecule has 0 heterocycles. The van der Waals surface area contributed by atoms with Crippen LogP contribution in [0.4, 0.5) is 11.4 Å². The van der Waals surface area contributed by atoms with Crippen LogP contribution in [0.25, 0.3) is 11.1 Å².